The molecule has 0 radical (unpaired) electrons. The van der Waals surface area contributed by atoms with Gasteiger partial charge in [-0.25, -0.2) is 0 Å². The number of hydrogen-bond acceptors (Lipinski definition) is 6. The Hall–Kier alpha value is -3.65. The number of hydrazine groups is 1. The molecule has 2 aromatic heterocycles. The normalized spacial score (nSPS) is 11.5. The third kappa shape index (κ3) is 3.58. The molecule has 0 aliphatic carbocycles. The molecule has 0 atom stereocenters. The monoisotopic (exact) mass is 378 g/mol. The molecule has 8 heteroatoms. The molecule has 0 spiro atoms. The summed E-state index contributed by atoms with van der Waals surface area (Å²) in [7, 11) is 1.74. The highest BCUT2D eigenvalue weighted by Crippen LogP contribution is 2.27. The van der Waals surface area contributed by atoms with E-state index in [4.69, 9.17) is 11.6 Å². The molecule has 8 nitrogen and oxygen atoms in total. The molecule has 0 aliphatic rings. The van der Waals surface area contributed by atoms with Gasteiger partial charge in [-0.1, -0.05) is 6.07 Å². The molecule has 3 aromatic rings. The quantitative estimate of drug-likeness (QED) is 0.309. The van der Waals surface area contributed by atoms with E-state index in [0.29, 0.717) is 11.3 Å². The van der Waals surface area contributed by atoms with Gasteiger partial charge in [0.05, 0.1) is 5.52 Å². The SMILES string of the molecule is Cc1cc2c(cn1)cc(-c1cc(NC(=O)/C(N)=C/NN)ccc1C)c(=O)n2C. The van der Waals surface area contributed by atoms with Crippen LogP contribution in [-0.2, 0) is 11.8 Å². The van der Waals surface area contributed by atoms with Crippen LogP contribution >= 0.6 is 0 Å². The molecule has 6 N–H and O–H groups in total. The number of carbonyl (C=O) groups is 1. The van der Waals surface area contributed by atoms with Crippen molar-refractivity contribution in [3.8, 4) is 11.1 Å². The number of nitrogens with zero attached hydrogens (tertiary/aromatic N) is 2. The van der Waals surface area contributed by atoms with Crippen molar-refractivity contribution in [3.63, 3.8) is 0 Å². The van der Waals surface area contributed by atoms with Gasteiger partial charge in [0.2, 0.25) is 0 Å². The smallest absolute Gasteiger partial charge is 0.273 e. The molecule has 144 valence electrons. The molecule has 0 bridgehead atoms. The van der Waals surface area contributed by atoms with Crippen LogP contribution in [0.2, 0.25) is 0 Å². The summed E-state index contributed by atoms with van der Waals surface area (Å²) in [5.41, 5.74) is 12.0. The fourth-order valence-electron chi connectivity index (χ4n) is 3.01. The number of rotatable bonds is 4. The number of carbonyl (C=O) groups excluding carboxylic acids is 1. The molecular formula is C20H22N6O2. The second kappa shape index (κ2) is 7.53. The summed E-state index contributed by atoms with van der Waals surface area (Å²) in [6, 6.07) is 9.04. The fourth-order valence-corrected chi connectivity index (χ4v) is 3.01. The van der Waals surface area contributed by atoms with E-state index in [2.05, 4.69) is 15.7 Å². The predicted octanol–water partition coefficient (Wildman–Crippen LogP) is 1.42. The van der Waals surface area contributed by atoms with Crippen LogP contribution in [-0.4, -0.2) is 15.5 Å². The number of hydrogen-bond donors (Lipinski definition) is 4. The summed E-state index contributed by atoms with van der Waals surface area (Å²) < 4.78 is 1.61. The summed E-state index contributed by atoms with van der Waals surface area (Å²) in [6.07, 6.45) is 2.94. The lowest BCUT2D eigenvalue weighted by Crippen LogP contribution is -2.25. The maximum Gasteiger partial charge on any atom is 0.273 e. The summed E-state index contributed by atoms with van der Waals surface area (Å²) in [5, 5.41) is 3.55. The summed E-state index contributed by atoms with van der Waals surface area (Å²) in [6.45, 7) is 3.79. The van der Waals surface area contributed by atoms with Gasteiger partial charge in [-0.3, -0.25) is 20.4 Å². The van der Waals surface area contributed by atoms with E-state index in [0.717, 1.165) is 27.7 Å². The lowest BCUT2D eigenvalue weighted by molar-refractivity contribution is -0.112. The number of amides is 1. The van der Waals surface area contributed by atoms with Crippen molar-refractivity contribution >= 4 is 22.5 Å². The molecule has 28 heavy (non-hydrogen) atoms. The molecule has 0 aliphatic heterocycles. The standard InChI is InChI=1S/C20H22N6O2/c1-11-4-5-14(25-19(27)17(21)10-24-22)8-15(11)16-7-13-9-23-12(2)6-18(13)26(3)20(16)28/h4-10,24H,21-22H2,1-3H3,(H,25,27)/b17-10-. The number of nitrogens with one attached hydrogen (secondary N) is 2. The zero-order valence-electron chi connectivity index (χ0n) is 15.9. The number of aromatic nitrogens is 2. The lowest BCUT2D eigenvalue weighted by atomic mass is 9.99. The van der Waals surface area contributed by atoms with Crippen LogP contribution < -0.4 is 27.9 Å². The first-order valence-corrected chi connectivity index (χ1v) is 8.62. The van der Waals surface area contributed by atoms with Gasteiger partial charge in [0, 0.05) is 41.8 Å². The Morgan fingerprint density at radius 2 is 1.93 bits per heavy atom. The van der Waals surface area contributed by atoms with Crippen LogP contribution in [0.1, 0.15) is 11.3 Å². The summed E-state index contributed by atoms with van der Waals surface area (Å²) >= 11 is 0. The first-order valence-electron chi connectivity index (χ1n) is 8.62. The van der Waals surface area contributed by atoms with Gasteiger partial charge in [-0.15, -0.1) is 0 Å². The van der Waals surface area contributed by atoms with Crippen LogP contribution in [0.15, 0.2) is 53.2 Å². The number of pyridine rings is 2. The molecule has 3 rings (SSSR count). The fraction of sp³-hybridized carbons (Fsp3) is 0.150. The molecular weight excluding hydrogens is 356 g/mol. The average Bonchev–Trinajstić information content (AvgIpc) is 2.67. The number of anilines is 1. The van der Waals surface area contributed by atoms with Crippen molar-refractivity contribution in [2.75, 3.05) is 5.32 Å². The Morgan fingerprint density at radius 1 is 1.18 bits per heavy atom. The summed E-state index contributed by atoms with van der Waals surface area (Å²) in [4.78, 5) is 29.4. The first-order chi connectivity index (χ1) is 13.3. The third-order valence-electron chi connectivity index (χ3n) is 4.53. The molecule has 2 heterocycles. The van der Waals surface area contributed by atoms with Gasteiger partial charge < -0.3 is 21.0 Å². The molecule has 1 aromatic carbocycles. The summed E-state index contributed by atoms with van der Waals surface area (Å²) in [5.74, 6) is 4.64. The highest BCUT2D eigenvalue weighted by Gasteiger charge is 2.13. The van der Waals surface area contributed by atoms with E-state index in [1.807, 2.05) is 32.0 Å². The van der Waals surface area contributed by atoms with E-state index < -0.39 is 5.91 Å². The zero-order valence-corrected chi connectivity index (χ0v) is 15.9. The molecule has 1 amide bonds. The Morgan fingerprint density at radius 3 is 2.64 bits per heavy atom. The minimum Gasteiger partial charge on any atom is -0.393 e. The van der Waals surface area contributed by atoms with E-state index in [1.165, 1.54) is 6.20 Å². The van der Waals surface area contributed by atoms with Crippen molar-refractivity contribution in [1.82, 2.24) is 15.0 Å². The van der Waals surface area contributed by atoms with Crippen LogP contribution in [0.3, 0.4) is 0 Å². The molecule has 0 saturated carbocycles. The van der Waals surface area contributed by atoms with Gasteiger partial charge in [0.1, 0.15) is 5.70 Å². The van der Waals surface area contributed by atoms with E-state index >= 15 is 0 Å². The molecule has 0 unspecified atom stereocenters. The Labute approximate surface area is 161 Å². The average molecular weight is 378 g/mol. The largest absolute Gasteiger partial charge is 0.393 e. The molecule has 0 saturated heterocycles. The Kier molecular flexibility index (Phi) is 5.14. The van der Waals surface area contributed by atoms with Crippen molar-refractivity contribution in [2.24, 2.45) is 18.6 Å². The van der Waals surface area contributed by atoms with Gasteiger partial charge in [-0.2, -0.15) is 0 Å². The maximum absolute atomic E-state index is 13.0. The van der Waals surface area contributed by atoms with E-state index in [1.54, 1.807) is 29.9 Å². The van der Waals surface area contributed by atoms with Crippen molar-refractivity contribution in [3.05, 3.63) is 70.0 Å². The second-order valence-electron chi connectivity index (χ2n) is 6.56. The van der Waals surface area contributed by atoms with Gasteiger partial charge in [0.15, 0.2) is 0 Å². The van der Waals surface area contributed by atoms with Crippen LogP contribution in [0, 0.1) is 13.8 Å². The van der Waals surface area contributed by atoms with Gasteiger partial charge in [0.25, 0.3) is 11.5 Å². The van der Waals surface area contributed by atoms with E-state index in [-0.39, 0.29) is 11.3 Å². The second-order valence-corrected chi connectivity index (χ2v) is 6.56. The third-order valence-corrected chi connectivity index (χ3v) is 4.53. The number of aryl methyl sites for hydroxylation is 3. The van der Waals surface area contributed by atoms with Gasteiger partial charge >= 0.3 is 0 Å². The van der Waals surface area contributed by atoms with Crippen molar-refractivity contribution in [2.45, 2.75) is 13.8 Å². The first kappa shape index (κ1) is 19.1. The van der Waals surface area contributed by atoms with Crippen LogP contribution in [0.4, 0.5) is 5.69 Å². The zero-order chi connectivity index (χ0) is 20.4. The lowest BCUT2D eigenvalue weighted by Gasteiger charge is -2.13. The topological polar surface area (TPSA) is 128 Å². The number of benzene rings is 1. The van der Waals surface area contributed by atoms with Crippen molar-refractivity contribution in [1.29, 1.82) is 0 Å². The van der Waals surface area contributed by atoms with Gasteiger partial charge in [-0.05, 0) is 49.2 Å². The van der Waals surface area contributed by atoms with E-state index in [9.17, 15) is 9.59 Å². The highest BCUT2D eigenvalue weighted by atomic mass is 16.2. The maximum atomic E-state index is 13.0. The highest BCUT2D eigenvalue weighted by molar-refractivity contribution is 6.03. The Bertz CT molecular complexity index is 1160. The predicted molar refractivity (Wildman–Crippen MR) is 110 cm³/mol. The number of fused-ring (bicyclic) bond motifs is 1. The molecule has 0 fully saturated rings. The minimum absolute atomic E-state index is 0.0623. The van der Waals surface area contributed by atoms with Crippen LogP contribution in [0.5, 0.6) is 0 Å². The van der Waals surface area contributed by atoms with Crippen molar-refractivity contribution < 1.29 is 4.79 Å². The Balaban J connectivity index is 2.10. The number of nitrogens with two attached hydrogens (primary N) is 2. The van der Waals surface area contributed by atoms with Crippen LogP contribution in [0.25, 0.3) is 22.0 Å². The minimum atomic E-state index is -0.501.